The molecule has 0 saturated carbocycles. The highest BCUT2D eigenvalue weighted by molar-refractivity contribution is 5.95. The Morgan fingerprint density at radius 1 is 0.972 bits per heavy atom. The lowest BCUT2D eigenvalue weighted by Gasteiger charge is -2.31. The summed E-state index contributed by atoms with van der Waals surface area (Å²) in [5.74, 6) is -1.21. The number of carboxylic acid groups (broad SMARTS) is 1. The Labute approximate surface area is 209 Å². The molecule has 0 aliphatic carbocycles. The summed E-state index contributed by atoms with van der Waals surface area (Å²) in [5, 5.41) is 13.6. The van der Waals surface area contributed by atoms with Gasteiger partial charge in [-0.3, -0.25) is 9.48 Å². The molecule has 1 aliphatic rings. The number of rotatable bonds is 6. The Bertz CT molecular complexity index is 1250. The molecule has 0 bridgehead atoms. The van der Waals surface area contributed by atoms with Gasteiger partial charge in [0.15, 0.2) is 0 Å². The molecule has 0 saturated heterocycles. The van der Waals surface area contributed by atoms with Crippen molar-refractivity contribution in [3.8, 4) is 0 Å². The topological polar surface area (TPSA) is 105 Å². The fraction of sp³-hybridized carbons (Fsp3) is 0.333. The molecular weight excluding hydrogens is 460 g/mol. The molecule has 0 spiro atoms. The van der Waals surface area contributed by atoms with Gasteiger partial charge in [0.05, 0.1) is 36.1 Å². The predicted molar refractivity (Wildman–Crippen MR) is 132 cm³/mol. The van der Waals surface area contributed by atoms with Gasteiger partial charge < -0.3 is 19.6 Å². The molecule has 2 heterocycles. The lowest BCUT2D eigenvalue weighted by atomic mass is 10.1. The largest absolute Gasteiger partial charge is 0.478 e. The van der Waals surface area contributed by atoms with Crippen molar-refractivity contribution in [1.82, 2.24) is 19.6 Å². The summed E-state index contributed by atoms with van der Waals surface area (Å²) in [6.07, 6.45) is 1.13. The maximum absolute atomic E-state index is 13.8. The first-order chi connectivity index (χ1) is 17.1. The van der Waals surface area contributed by atoms with Gasteiger partial charge in [-0.25, -0.2) is 9.59 Å². The Morgan fingerprint density at radius 2 is 1.61 bits per heavy atom. The second kappa shape index (κ2) is 10.2. The number of benzene rings is 2. The molecule has 3 aromatic rings. The number of carbonyl (C=O) groups is 3. The Morgan fingerprint density at radius 3 is 2.22 bits per heavy atom. The zero-order valence-corrected chi connectivity index (χ0v) is 20.7. The van der Waals surface area contributed by atoms with Crippen molar-refractivity contribution in [2.75, 3.05) is 6.54 Å². The van der Waals surface area contributed by atoms with E-state index in [9.17, 15) is 19.5 Å². The molecule has 1 aliphatic heterocycles. The van der Waals surface area contributed by atoms with E-state index in [1.807, 2.05) is 51.1 Å². The van der Waals surface area contributed by atoms with E-state index in [0.29, 0.717) is 30.9 Å². The number of aromatic carboxylic acids is 1. The second-order valence-electron chi connectivity index (χ2n) is 9.78. The molecule has 9 nitrogen and oxygen atoms in total. The molecule has 188 valence electrons. The number of aromatic nitrogens is 2. The van der Waals surface area contributed by atoms with Gasteiger partial charge >= 0.3 is 12.1 Å². The molecule has 2 amide bonds. The number of carboxylic acids is 1. The van der Waals surface area contributed by atoms with Crippen molar-refractivity contribution in [3.05, 3.63) is 88.7 Å². The first kappa shape index (κ1) is 25.0. The molecule has 1 N–H and O–H groups in total. The zero-order chi connectivity index (χ0) is 25.9. The number of carbonyl (C=O) groups excluding carboxylic acids is 2. The third-order valence-corrected chi connectivity index (χ3v) is 5.83. The van der Waals surface area contributed by atoms with Crippen molar-refractivity contribution >= 4 is 18.0 Å². The van der Waals surface area contributed by atoms with E-state index in [2.05, 4.69) is 5.10 Å². The molecule has 36 heavy (non-hydrogen) atoms. The summed E-state index contributed by atoms with van der Waals surface area (Å²) in [4.78, 5) is 41.0. The molecule has 1 aromatic heterocycles. The molecule has 2 aromatic carbocycles. The van der Waals surface area contributed by atoms with Crippen LogP contribution >= 0.6 is 0 Å². The maximum Gasteiger partial charge on any atom is 0.410 e. The Kier molecular flexibility index (Phi) is 7.10. The van der Waals surface area contributed by atoms with Gasteiger partial charge in [-0.05, 0) is 44.0 Å². The first-order valence-corrected chi connectivity index (χ1v) is 11.8. The van der Waals surface area contributed by atoms with Crippen LogP contribution in [0.2, 0.25) is 0 Å². The highest BCUT2D eigenvalue weighted by Crippen LogP contribution is 2.22. The average Bonchev–Trinajstić information content (AvgIpc) is 3.26. The summed E-state index contributed by atoms with van der Waals surface area (Å²) >= 11 is 0. The van der Waals surface area contributed by atoms with Crippen LogP contribution < -0.4 is 0 Å². The predicted octanol–water partition coefficient (Wildman–Crippen LogP) is 4.17. The van der Waals surface area contributed by atoms with Gasteiger partial charge in [-0.1, -0.05) is 42.5 Å². The van der Waals surface area contributed by atoms with Crippen molar-refractivity contribution in [2.45, 2.75) is 52.6 Å². The van der Waals surface area contributed by atoms with Crippen LogP contribution in [0.25, 0.3) is 0 Å². The number of nitrogens with zero attached hydrogens (tertiary/aromatic N) is 4. The monoisotopic (exact) mass is 490 g/mol. The number of fused-ring (bicyclic) bond motifs is 1. The van der Waals surface area contributed by atoms with E-state index in [1.54, 1.807) is 32.8 Å². The molecule has 4 rings (SSSR count). The van der Waals surface area contributed by atoms with E-state index < -0.39 is 17.7 Å². The van der Waals surface area contributed by atoms with E-state index in [1.165, 1.54) is 12.1 Å². The summed E-state index contributed by atoms with van der Waals surface area (Å²) in [5.41, 5.74) is 2.44. The van der Waals surface area contributed by atoms with Crippen LogP contribution in [0.1, 0.15) is 58.3 Å². The maximum atomic E-state index is 13.8. The van der Waals surface area contributed by atoms with Gasteiger partial charge in [0, 0.05) is 19.6 Å². The van der Waals surface area contributed by atoms with E-state index in [4.69, 9.17) is 4.74 Å². The molecule has 9 heteroatoms. The molecule has 0 fully saturated rings. The van der Waals surface area contributed by atoms with Gasteiger partial charge in [-0.2, -0.15) is 5.10 Å². The molecule has 0 atom stereocenters. The summed E-state index contributed by atoms with van der Waals surface area (Å²) in [6, 6.07) is 16.1. The smallest absolute Gasteiger partial charge is 0.410 e. The second-order valence-corrected chi connectivity index (χ2v) is 9.78. The third-order valence-electron chi connectivity index (χ3n) is 5.83. The summed E-state index contributed by atoms with van der Waals surface area (Å²) in [6.45, 7) is 7.24. The quantitative estimate of drug-likeness (QED) is 0.556. The van der Waals surface area contributed by atoms with Gasteiger partial charge in [0.1, 0.15) is 5.60 Å². The van der Waals surface area contributed by atoms with Crippen molar-refractivity contribution < 1.29 is 24.2 Å². The molecular formula is C27H30N4O5. The molecule has 0 radical (unpaired) electrons. The minimum atomic E-state index is -1.00. The Hall–Kier alpha value is -4.14. The van der Waals surface area contributed by atoms with Crippen LogP contribution in [0.4, 0.5) is 4.79 Å². The number of hydrogen-bond acceptors (Lipinski definition) is 5. The number of hydrogen-bond donors (Lipinski definition) is 1. The minimum Gasteiger partial charge on any atom is -0.478 e. The van der Waals surface area contributed by atoms with Crippen molar-refractivity contribution in [2.24, 2.45) is 0 Å². The van der Waals surface area contributed by atoms with Crippen molar-refractivity contribution in [3.63, 3.8) is 0 Å². The van der Waals surface area contributed by atoms with E-state index in [0.717, 1.165) is 11.1 Å². The number of amides is 2. The zero-order valence-electron chi connectivity index (χ0n) is 20.7. The van der Waals surface area contributed by atoms with Gasteiger partial charge in [-0.15, -0.1) is 0 Å². The van der Waals surface area contributed by atoms with Crippen molar-refractivity contribution in [1.29, 1.82) is 0 Å². The lowest BCUT2D eigenvalue weighted by Crippen LogP contribution is -2.42. The minimum absolute atomic E-state index is 0.188. The fourth-order valence-corrected chi connectivity index (χ4v) is 4.05. The first-order valence-electron chi connectivity index (χ1n) is 11.8. The average molecular weight is 491 g/mol. The highest BCUT2D eigenvalue weighted by Gasteiger charge is 2.31. The van der Waals surface area contributed by atoms with Crippen LogP contribution in [0.5, 0.6) is 0 Å². The third kappa shape index (κ3) is 5.91. The summed E-state index contributed by atoms with van der Waals surface area (Å²) in [7, 11) is 0. The standard InChI is InChI=1S/C27H30N4O5/c1-27(2,3)36-26(35)29-13-14-31-23(18-29)22(15-28-31)24(32)30(16-19-7-5-4-6-8-19)17-20-9-11-21(12-10-20)25(33)34/h4-12,15H,13-14,16-18H2,1-3H3,(H,33,34). The van der Waals surface area contributed by atoms with Crippen LogP contribution in [0.15, 0.2) is 60.8 Å². The van der Waals surface area contributed by atoms with Crippen LogP contribution in [0.3, 0.4) is 0 Å². The van der Waals surface area contributed by atoms with Crippen LogP contribution in [0, 0.1) is 0 Å². The van der Waals surface area contributed by atoms with E-state index >= 15 is 0 Å². The van der Waals surface area contributed by atoms with Gasteiger partial charge in [0.2, 0.25) is 0 Å². The normalized spacial score (nSPS) is 13.1. The highest BCUT2D eigenvalue weighted by atomic mass is 16.6. The van der Waals surface area contributed by atoms with Crippen LogP contribution in [-0.4, -0.2) is 54.8 Å². The Balaban J connectivity index is 1.59. The lowest BCUT2D eigenvalue weighted by molar-refractivity contribution is 0.0192. The van der Waals surface area contributed by atoms with Crippen LogP contribution in [-0.2, 0) is 30.9 Å². The van der Waals surface area contributed by atoms with E-state index in [-0.39, 0.29) is 24.6 Å². The van der Waals surface area contributed by atoms with Gasteiger partial charge in [0.25, 0.3) is 5.91 Å². The SMILES string of the molecule is CC(C)(C)OC(=O)N1CCn2ncc(C(=O)N(Cc3ccccc3)Cc3ccc(C(=O)O)cc3)c2C1. The fourth-order valence-electron chi connectivity index (χ4n) is 4.05. The molecule has 0 unspecified atom stereocenters. The number of ether oxygens (including phenoxy) is 1. The summed E-state index contributed by atoms with van der Waals surface area (Å²) < 4.78 is 7.28.